The molecule has 0 bridgehead atoms. The Morgan fingerprint density at radius 3 is 2.74 bits per heavy atom. The highest BCUT2D eigenvalue weighted by molar-refractivity contribution is 6.02. The van der Waals surface area contributed by atoms with Gasteiger partial charge in [-0.15, -0.1) is 0 Å². The summed E-state index contributed by atoms with van der Waals surface area (Å²) in [5.41, 5.74) is 2.11. The molecule has 1 amide bonds. The van der Waals surface area contributed by atoms with Crippen molar-refractivity contribution in [2.24, 2.45) is 0 Å². The van der Waals surface area contributed by atoms with E-state index in [-0.39, 0.29) is 11.6 Å². The van der Waals surface area contributed by atoms with Crippen LogP contribution in [0.2, 0.25) is 0 Å². The molecule has 2 aromatic carbocycles. The minimum absolute atomic E-state index is 0.0767. The molecule has 0 unspecified atom stereocenters. The van der Waals surface area contributed by atoms with Gasteiger partial charge in [0.25, 0.3) is 5.69 Å². The quantitative estimate of drug-likeness (QED) is 0.520. The molecule has 0 aliphatic heterocycles. The molecular weight excluding hydrogens is 296 g/mol. The monoisotopic (exact) mass is 312 g/mol. The number of hydrogen-bond acceptors (Lipinski definition) is 4. The molecule has 118 valence electrons. The van der Waals surface area contributed by atoms with Crippen LogP contribution in [0.4, 0.5) is 11.4 Å². The Kier molecular flexibility index (Phi) is 5.09. The van der Waals surface area contributed by atoms with Crippen molar-refractivity contribution in [1.82, 2.24) is 0 Å². The van der Waals surface area contributed by atoms with Crippen molar-refractivity contribution >= 4 is 23.4 Å². The Morgan fingerprint density at radius 1 is 1.26 bits per heavy atom. The number of nitro groups is 1. The largest absolute Gasteiger partial charge is 0.496 e. The van der Waals surface area contributed by atoms with E-state index in [1.54, 1.807) is 19.3 Å². The summed E-state index contributed by atoms with van der Waals surface area (Å²) in [4.78, 5) is 22.1. The standard InChI is InChI=1S/C17H16N2O4/c1-12-6-8-16(23-2)13(10-12)7-9-17(20)18-14-4-3-5-15(11-14)19(21)22/h3-11H,1-2H3,(H,18,20)/b9-7+. The molecule has 6 nitrogen and oxygen atoms in total. The molecule has 0 saturated heterocycles. The minimum atomic E-state index is -0.511. The van der Waals surface area contributed by atoms with Crippen LogP contribution in [-0.2, 0) is 4.79 Å². The predicted molar refractivity (Wildman–Crippen MR) is 88.5 cm³/mol. The van der Waals surface area contributed by atoms with Gasteiger partial charge in [-0.2, -0.15) is 0 Å². The zero-order chi connectivity index (χ0) is 16.8. The number of rotatable bonds is 5. The molecule has 0 saturated carbocycles. The van der Waals surface area contributed by atoms with Crippen LogP contribution in [0.1, 0.15) is 11.1 Å². The van der Waals surface area contributed by atoms with Crippen LogP contribution in [0, 0.1) is 17.0 Å². The Hall–Kier alpha value is -3.15. The predicted octanol–water partition coefficient (Wildman–Crippen LogP) is 3.56. The lowest BCUT2D eigenvalue weighted by Crippen LogP contribution is -2.07. The van der Waals surface area contributed by atoms with E-state index in [1.807, 2.05) is 25.1 Å². The Morgan fingerprint density at radius 2 is 2.04 bits per heavy atom. The second-order valence-corrected chi connectivity index (χ2v) is 4.88. The third-order valence-corrected chi connectivity index (χ3v) is 3.12. The first-order chi connectivity index (χ1) is 11.0. The van der Waals surface area contributed by atoms with Gasteiger partial charge in [0.1, 0.15) is 5.75 Å². The van der Waals surface area contributed by atoms with Crippen LogP contribution < -0.4 is 10.1 Å². The zero-order valence-electron chi connectivity index (χ0n) is 12.8. The van der Waals surface area contributed by atoms with Crippen LogP contribution in [0.25, 0.3) is 6.08 Å². The maximum Gasteiger partial charge on any atom is 0.271 e. The zero-order valence-corrected chi connectivity index (χ0v) is 12.8. The summed E-state index contributed by atoms with van der Waals surface area (Å²) in [6.07, 6.45) is 2.99. The third-order valence-electron chi connectivity index (χ3n) is 3.12. The Balaban J connectivity index is 2.12. The van der Waals surface area contributed by atoms with Gasteiger partial charge in [-0.25, -0.2) is 0 Å². The molecule has 0 aliphatic rings. The number of aryl methyl sites for hydroxylation is 1. The van der Waals surface area contributed by atoms with E-state index < -0.39 is 4.92 Å². The summed E-state index contributed by atoms with van der Waals surface area (Å²) in [6.45, 7) is 1.94. The number of carbonyl (C=O) groups excluding carboxylic acids is 1. The molecular formula is C17H16N2O4. The molecule has 1 N–H and O–H groups in total. The number of non-ortho nitro benzene ring substituents is 1. The highest BCUT2D eigenvalue weighted by atomic mass is 16.6. The first-order valence-electron chi connectivity index (χ1n) is 6.88. The van der Waals surface area contributed by atoms with Gasteiger partial charge in [-0.05, 0) is 31.2 Å². The number of nitrogens with zero attached hydrogens (tertiary/aromatic N) is 1. The Labute approximate surface area is 133 Å². The van der Waals surface area contributed by atoms with E-state index in [0.717, 1.165) is 11.1 Å². The molecule has 23 heavy (non-hydrogen) atoms. The van der Waals surface area contributed by atoms with E-state index >= 15 is 0 Å². The van der Waals surface area contributed by atoms with Crippen molar-refractivity contribution in [3.8, 4) is 5.75 Å². The summed E-state index contributed by atoms with van der Waals surface area (Å²) in [5, 5.41) is 13.3. The number of anilines is 1. The normalized spacial score (nSPS) is 10.5. The smallest absolute Gasteiger partial charge is 0.271 e. The fourth-order valence-electron chi connectivity index (χ4n) is 2.03. The Bertz CT molecular complexity index is 769. The second-order valence-electron chi connectivity index (χ2n) is 4.88. The highest BCUT2D eigenvalue weighted by Crippen LogP contribution is 2.21. The summed E-state index contributed by atoms with van der Waals surface area (Å²) in [6, 6.07) is 11.4. The summed E-state index contributed by atoms with van der Waals surface area (Å²) >= 11 is 0. The fraction of sp³-hybridized carbons (Fsp3) is 0.118. The van der Waals surface area contributed by atoms with Gasteiger partial charge in [-0.3, -0.25) is 14.9 Å². The second kappa shape index (κ2) is 7.22. The number of nitro benzene ring substituents is 1. The van der Waals surface area contributed by atoms with Crippen LogP contribution in [0.3, 0.4) is 0 Å². The van der Waals surface area contributed by atoms with E-state index in [9.17, 15) is 14.9 Å². The average Bonchev–Trinajstić information content (AvgIpc) is 2.53. The summed E-state index contributed by atoms with van der Waals surface area (Å²) < 4.78 is 5.24. The van der Waals surface area contributed by atoms with E-state index in [4.69, 9.17) is 4.74 Å². The summed E-state index contributed by atoms with van der Waals surface area (Å²) in [5.74, 6) is 0.282. The molecule has 0 fully saturated rings. The van der Waals surface area contributed by atoms with Crippen molar-refractivity contribution in [2.75, 3.05) is 12.4 Å². The lowest BCUT2D eigenvalue weighted by Gasteiger charge is -2.06. The number of carbonyl (C=O) groups is 1. The van der Waals surface area contributed by atoms with Crippen LogP contribution in [0.15, 0.2) is 48.5 Å². The van der Waals surface area contributed by atoms with Gasteiger partial charge in [0.05, 0.1) is 12.0 Å². The van der Waals surface area contributed by atoms with Crippen molar-refractivity contribution in [2.45, 2.75) is 6.92 Å². The number of hydrogen-bond donors (Lipinski definition) is 1. The first-order valence-corrected chi connectivity index (χ1v) is 6.88. The molecule has 0 aliphatic carbocycles. The number of methoxy groups -OCH3 is 1. The van der Waals surface area contributed by atoms with E-state index in [2.05, 4.69) is 5.32 Å². The fourth-order valence-corrected chi connectivity index (χ4v) is 2.03. The van der Waals surface area contributed by atoms with E-state index in [1.165, 1.54) is 24.3 Å². The topological polar surface area (TPSA) is 81.5 Å². The molecule has 0 spiro atoms. The van der Waals surface area contributed by atoms with Gasteiger partial charge in [0.2, 0.25) is 5.91 Å². The van der Waals surface area contributed by atoms with E-state index in [0.29, 0.717) is 11.4 Å². The minimum Gasteiger partial charge on any atom is -0.496 e. The van der Waals surface area contributed by atoms with Gasteiger partial charge in [-0.1, -0.05) is 17.7 Å². The SMILES string of the molecule is COc1ccc(C)cc1/C=C/C(=O)Nc1cccc([N+](=O)[O-])c1. The lowest BCUT2D eigenvalue weighted by atomic mass is 10.1. The van der Waals surface area contributed by atoms with Crippen LogP contribution in [-0.4, -0.2) is 17.9 Å². The maximum atomic E-state index is 11.9. The number of benzene rings is 2. The van der Waals surface area contributed by atoms with Crippen LogP contribution >= 0.6 is 0 Å². The third kappa shape index (κ3) is 4.41. The molecule has 0 atom stereocenters. The molecule has 0 aromatic heterocycles. The molecule has 2 rings (SSSR count). The number of amides is 1. The first kappa shape index (κ1) is 16.2. The highest BCUT2D eigenvalue weighted by Gasteiger charge is 2.07. The molecule has 0 heterocycles. The maximum absolute atomic E-state index is 11.9. The number of nitrogens with one attached hydrogen (secondary N) is 1. The molecule has 6 heteroatoms. The van der Waals surface area contributed by atoms with Crippen molar-refractivity contribution in [3.63, 3.8) is 0 Å². The van der Waals surface area contributed by atoms with Gasteiger partial charge in [0.15, 0.2) is 0 Å². The van der Waals surface area contributed by atoms with Crippen molar-refractivity contribution in [1.29, 1.82) is 0 Å². The van der Waals surface area contributed by atoms with Gasteiger partial charge >= 0.3 is 0 Å². The summed E-state index contributed by atoms with van der Waals surface area (Å²) in [7, 11) is 1.56. The van der Waals surface area contributed by atoms with Crippen molar-refractivity contribution < 1.29 is 14.5 Å². The number of ether oxygens (including phenoxy) is 1. The lowest BCUT2D eigenvalue weighted by molar-refractivity contribution is -0.384. The average molecular weight is 312 g/mol. The molecule has 0 radical (unpaired) electrons. The van der Waals surface area contributed by atoms with Gasteiger partial charge in [0, 0.05) is 29.5 Å². The van der Waals surface area contributed by atoms with Crippen LogP contribution in [0.5, 0.6) is 5.75 Å². The van der Waals surface area contributed by atoms with Crippen molar-refractivity contribution in [3.05, 3.63) is 69.8 Å². The van der Waals surface area contributed by atoms with Gasteiger partial charge < -0.3 is 10.1 Å². The molecule has 2 aromatic rings.